The number of aryl methyl sites for hydroxylation is 1. The van der Waals surface area contributed by atoms with Gasteiger partial charge in [0.1, 0.15) is 17.3 Å². The summed E-state index contributed by atoms with van der Waals surface area (Å²) in [5.41, 5.74) is 0.363. The van der Waals surface area contributed by atoms with Gasteiger partial charge in [0.25, 0.3) is 5.91 Å². The van der Waals surface area contributed by atoms with E-state index < -0.39 is 0 Å². The van der Waals surface area contributed by atoms with E-state index in [1.807, 2.05) is 32.9 Å². The number of carbonyl (C=O) groups excluding carboxylic acids is 1. The Morgan fingerprint density at radius 2 is 2.15 bits per heavy atom. The average Bonchev–Trinajstić information content (AvgIpc) is 2.80. The summed E-state index contributed by atoms with van der Waals surface area (Å²) in [5, 5.41) is 9.42. The molecular formula is C15H18N2O3. The normalized spacial score (nSPS) is 10.8. The van der Waals surface area contributed by atoms with Gasteiger partial charge in [0.05, 0.1) is 18.3 Å². The molecule has 20 heavy (non-hydrogen) atoms. The van der Waals surface area contributed by atoms with Crippen LogP contribution in [0.5, 0.6) is 5.75 Å². The Bertz CT molecular complexity index is 605. The molecule has 106 valence electrons. The molecule has 2 heterocycles. The summed E-state index contributed by atoms with van der Waals surface area (Å²) < 4.78 is 5.52. The van der Waals surface area contributed by atoms with Crippen molar-refractivity contribution < 1.29 is 14.3 Å². The lowest BCUT2D eigenvalue weighted by atomic mass is 10.2. The summed E-state index contributed by atoms with van der Waals surface area (Å²) in [5.74, 6) is 1.35. The molecule has 2 aromatic rings. The molecule has 0 aliphatic heterocycles. The van der Waals surface area contributed by atoms with Crippen molar-refractivity contribution >= 4 is 5.91 Å². The van der Waals surface area contributed by atoms with Crippen LogP contribution in [0.3, 0.4) is 0 Å². The van der Waals surface area contributed by atoms with Crippen LogP contribution in [-0.2, 0) is 6.54 Å². The van der Waals surface area contributed by atoms with E-state index in [-0.39, 0.29) is 17.7 Å². The van der Waals surface area contributed by atoms with Crippen molar-refractivity contribution in [2.45, 2.75) is 33.4 Å². The molecule has 1 amide bonds. The van der Waals surface area contributed by atoms with Gasteiger partial charge in [0.15, 0.2) is 0 Å². The van der Waals surface area contributed by atoms with E-state index in [2.05, 4.69) is 4.98 Å². The molecule has 0 unspecified atom stereocenters. The Labute approximate surface area is 117 Å². The smallest absolute Gasteiger partial charge is 0.256 e. The van der Waals surface area contributed by atoms with Crippen molar-refractivity contribution in [3.8, 4) is 5.75 Å². The third-order valence-corrected chi connectivity index (χ3v) is 2.98. The molecule has 1 N–H and O–H groups in total. The molecule has 0 spiro atoms. The standard InChI is InChI=1S/C15H18N2O3/c1-10(2)17(9-14-5-4-11(3)20-14)15(19)12-6-13(18)8-16-7-12/h4-8,10,18H,9H2,1-3H3. The number of nitrogens with zero attached hydrogens (tertiary/aromatic N) is 2. The summed E-state index contributed by atoms with van der Waals surface area (Å²) >= 11 is 0. The van der Waals surface area contributed by atoms with Crippen LogP contribution in [0.2, 0.25) is 0 Å². The van der Waals surface area contributed by atoms with Crippen LogP contribution < -0.4 is 0 Å². The monoisotopic (exact) mass is 274 g/mol. The van der Waals surface area contributed by atoms with Crippen molar-refractivity contribution in [3.05, 3.63) is 47.7 Å². The third kappa shape index (κ3) is 3.17. The molecular weight excluding hydrogens is 256 g/mol. The number of pyridine rings is 1. The molecule has 0 saturated carbocycles. The molecule has 0 radical (unpaired) electrons. The topological polar surface area (TPSA) is 66.6 Å². The second-order valence-corrected chi connectivity index (χ2v) is 4.97. The first-order valence-electron chi connectivity index (χ1n) is 6.47. The van der Waals surface area contributed by atoms with E-state index in [1.54, 1.807) is 4.90 Å². The van der Waals surface area contributed by atoms with Gasteiger partial charge in [0.2, 0.25) is 0 Å². The van der Waals surface area contributed by atoms with E-state index in [9.17, 15) is 9.90 Å². The van der Waals surface area contributed by atoms with Crippen molar-refractivity contribution in [2.75, 3.05) is 0 Å². The fourth-order valence-corrected chi connectivity index (χ4v) is 1.94. The van der Waals surface area contributed by atoms with Crippen molar-refractivity contribution in [2.24, 2.45) is 0 Å². The first-order valence-corrected chi connectivity index (χ1v) is 6.47. The first-order chi connectivity index (χ1) is 9.47. The lowest BCUT2D eigenvalue weighted by molar-refractivity contribution is 0.0674. The number of furan rings is 1. The van der Waals surface area contributed by atoms with E-state index in [4.69, 9.17) is 4.42 Å². The van der Waals surface area contributed by atoms with Gasteiger partial charge in [-0.05, 0) is 39.0 Å². The molecule has 0 bridgehead atoms. The zero-order valence-corrected chi connectivity index (χ0v) is 11.8. The van der Waals surface area contributed by atoms with Crippen LogP contribution in [0.15, 0.2) is 35.0 Å². The molecule has 2 rings (SSSR count). The molecule has 5 heteroatoms. The van der Waals surface area contributed by atoms with Gasteiger partial charge in [0, 0.05) is 12.2 Å². The average molecular weight is 274 g/mol. The zero-order chi connectivity index (χ0) is 14.7. The fourth-order valence-electron chi connectivity index (χ4n) is 1.94. The largest absolute Gasteiger partial charge is 0.506 e. The number of hydrogen-bond acceptors (Lipinski definition) is 4. The molecule has 0 aromatic carbocycles. The number of hydrogen-bond donors (Lipinski definition) is 1. The summed E-state index contributed by atoms with van der Waals surface area (Å²) in [7, 11) is 0. The van der Waals surface area contributed by atoms with Crippen molar-refractivity contribution in [3.63, 3.8) is 0 Å². The van der Waals surface area contributed by atoms with Crippen LogP contribution in [0.1, 0.15) is 35.7 Å². The van der Waals surface area contributed by atoms with Crippen LogP contribution in [0.4, 0.5) is 0 Å². The zero-order valence-electron chi connectivity index (χ0n) is 11.8. The highest BCUT2D eigenvalue weighted by Gasteiger charge is 2.21. The van der Waals surface area contributed by atoms with Crippen LogP contribution in [0, 0.1) is 6.92 Å². The summed E-state index contributed by atoms with van der Waals surface area (Å²) in [6.07, 6.45) is 2.75. The van der Waals surface area contributed by atoms with Gasteiger partial charge in [-0.1, -0.05) is 0 Å². The van der Waals surface area contributed by atoms with Gasteiger partial charge in [-0.3, -0.25) is 9.78 Å². The van der Waals surface area contributed by atoms with Crippen LogP contribution >= 0.6 is 0 Å². The predicted octanol–water partition coefficient (Wildman–Crippen LogP) is 2.74. The SMILES string of the molecule is Cc1ccc(CN(C(=O)c2cncc(O)c2)C(C)C)o1. The number of aromatic nitrogens is 1. The van der Waals surface area contributed by atoms with Gasteiger partial charge in [-0.25, -0.2) is 0 Å². The summed E-state index contributed by atoms with van der Waals surface area (Å²) in [4.78, 5) is 18.0. The number of rotatable bonds is 4. The Morgan fingerprint density at radius 3 is 2.70 bits per heavy atom. The van der Waals surface area contributed by atoms with Crippen molar-refractivity contribution in [1.82, 2.24) is 9.88 Å². The Morgan fingerprint density at radius 1 is 1.40 bits per heavy atom. The van der Waals surface area contributed by atoms with Gasteiger partial charge in [-0.15, -0.1) is 0 Å². The lowest BCUT2D eigenvalue weighted by Crippen LogP contribution is -2.36. The predicted molar refractivity (Wildman–Crippen MR) is 74.4 cm³/mol. The van der Waals surface area contributed by atoms with Gasteiger partial charge >= 0.3 is 0 Å². The minimum Gasteiger partial charge on any atom is -0.506 e. The maximum atomic E-state index is 12.5. The van der Waals surface area contributed by atoms with E-state index in [0.29, 0.717) is 12.1 Å². The second-order valence-electron chi connectivity index (χ2n) is 4.97. The number of aromatic hydroxyl groups is 1. The quantitative estimate of drug-likeness (QED) is 0.931. The van der Waals surface area contributed by atoms with E-state index in [1.165, 1.54) is 18.5 Å². The van der Waals surface area contributed by atoms with Crippen molar-refractivity contribution in [1.29, 1.82) is 0 Å². The highest BCUT2D eigenvalue weighted by molar-refractivity contribution is 5.94. The molecule has 5 nitrogen and oxygen atoms in total. The van der Waals surface area contributed by atoms with Crippen LogP contribution in [-0.4, -0.2) is 26.9 Å². The maximum absolute atomic E-state index is 12.5. The van der Waals surface area contributed by atoms with E-state index in [0.717, 1.165) is 11.5 Å². The third-order valence-electron chi connectivity index (χ3n) is 2.98. The number of amides is 1. The maximum Gasteiger partial charge on any atom is 0.256 e. The summed E-state index contributed by atoms with van der Waals surface area (Å²) in [6, 6.07) is 5.15. The Balaban J connectivity index is 2.22. The van der Waals surface area contributed by atoms with Gasteiger partial charge < -0.3 is 14.4 Å². The first kappa shape index (κ1) is 14.1. The molecule has 0 fully saturated rings. The molecule has 0 aliphatic rings. The lowest BCUT2D eigenvalue weighted by Gasteiger charge is -2.25. The fraction of sp³-hybridized carbons (Fsp3) is 0.333. The Kier molecular flexibility index (Phi) is 4.08. The van der Waals surface area contributed by atoms with Crippen LogP contribution in [0.25, 0.3) is 0 Å². The molecule has 0 aliphatic carbocycles. The Hall–Kier alpha value is -2.30. The highest BCUT2D eigenvalue weighted by Crippen LogP contribution is 2.17. The molecule has 2 aromatic heterocycles. The van der Waals surface area contributed by atoms with Gasteiger partial charge in [-0.2, -0.15) is 0 Å². The number of carbonyl (C=O) groups is 1. The molecule has 0 atom stereocenters. The molecule has 0 saturated heterocycles. The highest BCUT2D eigenvalue weighted by atomic mass is 16.3. The van der Waals surface area contributed by atoms with E-state index >= 15 is 0 Å². The minimum absolute atomic E-state index is 0.00950. The minimum atomic E-state index is -0.183. The summed E-state index contributed by atoms with van der Waals surface area (Å²) in [6.45, 7) is 6.12. The second kappa shape index (κ2) is 5.77.